The lowest BCUT2D eigenvalue weighted by Crippen LogP contribution is -2.50. The van der Waals surface area contributed by atoms with Gasteiger partial charge in [-0.15, -0.1) is 0 Å². The Morgan fingerprint density at radius 2 is 2.37 bits per heavy atom. The summed E-state index contributed by atoms with van der Waals surface area (Å²) < 4.78 is 0. The number of carboxylic acids is 1. The van der Waals surface area contributed by atoms with Crippen molar-refractivity contribution in [2.24, 2.45) is 5.41 Å². The molecule has 6 nitrogen and oxygen atoms in total. The lowest BCUT2D eigenvalue weighted by molar-refractivity contribution is -0.152. The molecule has 0 aromatic carbocycles. The summed E-state index contributed by atoms with van der Waals surface area (Å²) in [6.07, 6.45) is 4.30. The summed E-state index contributed by atoms with van der Waals surface area (Å²) in [6.45, 7) is 2.87. The summed E-state index contributed by atoms with van der Waals surface area (Å²) in [5, 5.41) is 15.9. The van der Waals surface area contributed by atoms with Crippen molar-refractivity contribution in [2.75, 3.05) is 13.1 Å². The summed E-state index contributed by atoms with van der Waals surface area (Å²) >= 11 is 0. The molecule has 0 radical (unpaired) electrons. The number of H-pyrrole nitrogens is 1. The molecule has 2 N–H and O–H groups in total. The molecule has 104 valence electrons. The molecule has 1 amide bonds. The molecule has 1 aromatic heterocycles. The summed E-state index contributed by atoms with van der Waals surface area (Å²) in [6, 6.07) is 1.61. The van der Waals surface area contributed by atoms with Crippen molar-refractivity contribution in [2.45, 2.75) is 32.6 Å². The van der Waals surface area contributed by atoms with Crippen LogP contribution in [0.2, 0.25) is 0 Å². The Balaban J connectivity index is 2.16. The number of amides is 1. The number of rotatable bonds is 4. The lowest BCUT2D eigenvalue weighted by atomic mass is 9.76. The highest BCUT2D eigenvalue weighted by molar-refractivity contribution is 5.92. The molecule has 1 aliphatic heterocycles. The zero-order valence-corrected chi connectivity index (χ0v) is 11.1. The van der Waals surface area contributed by atoms with Crippen molar-refractivity contribution >= 4 is 11.9 Å². The van der Waals surface area contributed by atoms with E-state index in [1.165, 1.54) is 6.20 Å². The Morgan fingerprint density at radius 1 is 1.58 bits per heavy atom. The Bertz CT molecular complexity index is 454. The van der Waals surface area contributed by atoms with Crippen LogP contribution in [-0.4, -0.2) is 45.2 Å². The van der Waals surface area contributed by atoms with Gasteiger partial charge in [0.1, 0.15) is 5.69 Å². The third-order valence-electron chi connectivity index (χ3n) is 3.78. The number of carbonyl (C=O) groups excluding carboxylic acids is 1. The van der Waals surface area contributed by atoms with E-state index in [0.717, 1.165) is 12.8 Å². The maximum atomic E-state index is 12.2. The van der Waals surface area contributed by atoms with Crippen molar-refractivity contribution in [3.63, 3.8) is 0 Å². The van der Waals surface area contributed by atoms with Crippen LogP contribution in [0.1, 0.15) is 43.1 Å². The van der Waals surface area contributed by atoms with Crippen LogP contribution in [0.4, 0.5) is 0 Å². The second-order valence-electron chi connectivity index (χ2n) is 5.14. The molecule has 0 aliphatic carbocycles. The first kappa shape index (κ1) is 13.6. The molecule has 0 spiro atoms. The topological polar surface area (TPSA) is 86.3 Å². The van der Waals surface area contributed by atoms with Crippen molar-refractivity contribution in [3.05, 3.63) is 18.0 Å². The van der Waals surface area contributed by atoms with Gasteiger partial charge in [-0.2, -0.15) is 5.10 Å². The zero-order chi connectivity index (χ0) is 13.9. The molecule has 1 atom stereocenters. The fourth-order valence-electron chi connectivity index (χ4n) is 2.81. The van der Waals surface area contributed by atoms with Gasteiger partial charge in [0.25, 0.3) is 5.91 Å². The molecule has 6 heteroatoms. The highest BCUT2D eigenvalue weighted by Gasteiger charge is 2.43. The van der Waals surface area contributed by atoms with E-state index in [4.69, 9.17) is 0 Å². The predicted octanol–water partition coefficient (Wildman–Crippen LogP) is 1.52. The third kappa shape index (κ3) is 2.62. The van der Waals surface area contributed by atoms with E-state index in [-0.39, 0.29) is 12.5 Å². The minimum atomic E-state index is -0.795. The Labute approximate surface area is 111 Å². The highest BCUT2D eigenvalue weighted by Crippen LogP contribution is 2.35. The number of carbonyl (C=O) groups is 2. The van der Waals surface area contributed by atoms with Crippen LogP contribution in [-0.2, 0) is 4.79 Å². The average molecular weight is 265 g/mol. The van der Waals surface area contributed by atoms with Crippen LogP contribution < -0.4 is 0 Å². The number of hydrogen-bond acceptors (Lipinski definition) is 3. The van der Waals surface area contributed by atoms with Gasteiger partial charge in [-0.3, -0.25) is 14.7 Å². The molecule has 1 aliphatic rings. The van der Waals surface area contributed by atoms with Crippen LogP contribution in [0.25, 0.3) is 0 Å². The predicted molar refractivity (Wildman–Crippen MR) is 68.7 cm³/mol. The van der Waals surface area contributed by atoms with Crippen LogP contribution in [0.3, 0.4) is 0 Å². The first-order chi connectivity index (χ1) is 9.09. The van der Waals surface area contributed by atoms with Gasteiger partial charge in [0.2, 0.25) is 0 Å². The van der Waals surface area contributed by atoms with Crippen LogP contribution in [0, 0.1) is 5.41 Å². The third-order valence-corrected chi connectivity index (χ3v) is 3.78. The molecule has 1 fully saturated rings. The second-order valence-corrected chi connectivity index (χ2v) is 5.14. The number of nitrogens with zero attached hydrogens (tertiary/aromatic N) is 2. The summed E-state index contributed by atoms with van der Waals surface area (Å²) in [5.74, 6) is -0.963. The highest BCUT2D eigenvalue weighted by atomic mass is 16.4. The van der Waals surface area contributed by atoms with E-state index < -0.39 is 11.4 Å². The zero-order valence-electron chi connectivity index (χ0n) is 11.1. The molecule has 2 rings (SSSR count). The number of aliphatic carboxylic acids is 1. The Kier molecular flexibility index (Phi) is 3.87. The van der Waals surface area contributed by atoms with Gasteiger partial charge in [-0.25, -0.2) is 0 Å². The molecule has 0 saturated carbocycles. The average Bonchev–Trinajstić information content (AvgIpc) is 2.92. The molecule has 1 aromatic rings. The minimum absolute atomic E-state index is 0.168. The number of carboxylic acid groups (broad SMARTS) is 1. The fourth-order valence-corrected chi connectivity index (χ4v) is 2.81. The standard InChI is InChI=1S/C13H19N3O3/c1-2-5-13(12(18)19)6-3-8-16(9-13)11(17)10-4-7-14-15-10/h4,7H,2-3,5-6,8-9H2,1H3,(H,14,15)(H,18,19). The Morgan fingerprint density at radius 3 is 2.95 bits per heavy atom. The quantitative estimate of drug-likeness (QED) is 0.864. The van der Waals surface area contributed by atoms with Gasteiger partial charge in [0.15, 0.2) is 0 Å². The number of piperidine rings is 1. The lowest BCUT2D eigenvalue weighted by Gasteiger charge is -2.39. The summed E-state index contributed by atoms with van der Waals surface area (Å²) in [5.41, 5.74) is -0.374. The number of aromatic amines is 1. The largest absolute Gasteiger partial charge is 0.481 e. The number of hydrogen-bond donors (Lipinski definition) is 2. The van der Waals surface area contributed by atoms with Crippen molar-refractivity contribution < 1.29 is 14.7 Å². The maximum Gasteiger partial charge on any atom is 0.311 e. The van der Waals surface area contributed by atoms with Crippen LogP contribution in [0.15, 0.2) is 12.3 Å². The van der Waals surface area contributed by atoms with Crippen LogP contribution in [0.5, 0.6) is 0 Å². The van der Waals surface area contributed by atoms with Crippen molar-refractivity contribution in [3.8, 4) is 0 Å². The maximum absolute atomic E-state index is 12.2. The molecule has 1 unspecified atom stereocenters. The van der Waals surface area contributed by atoms with Gasteiger partial charge in [-0.1, -0.05) is 13.3 Å². The van der Waals surface area contributed by atoms with Crippen molar-refractivity contribution in [1.29, 1.82) is 0 Å². The van der Waals surface area contributed by atoms with E-state index >= 15 is 0 Å². The van der Waals surface area contributed by atoms with Crippen LogP contribution >= 0.6 is 0 Å². The fraction of sp³-hybridized carbons (Fsp3) is 0.615. The SMILES string of the molecule is CCCC1(C(=O)O)CCCN(C(=O)c2ccn[nH]2)C1. The Hall–Kier alpha value is -1.85. The van der Waals surface area contributed by atoms with E-state index in [2.05, 4.69) is 10.2 Å². The van der Waals surface area contributed by atoms with Gasteiger partial charge < -0.3 is 10.0 Å². The molecule has 2 heterocycles. The van der Waals surface area contributed by atoms with Gasteiger partial charge in [0.05, 0.1) is 5.41 Å². The molecule has 0 bridgehead atoms. The number of aromatic nitrogens is 2. The smallest absolute Gasteiger partial charge is 0.311 e. The van der Waals surface area contributed by atoms with E-state index in [9.17, 15) is 14.7 Å². The molecule has 1 saturated heterocycles. The van der Waals surface area contributed by atoms with E-state index in [1.807, 2.05) is 6.92 Å². The molecular formula is C13H19N3O3. The summed E-state index contributed by atoms with van der Waals surface area (Å²) in [7, 11) is 0. The van der Waals surface area contributed by atoms with Gasteiger partial charge >= 0.3 is 5.97 Å². The molecular weight excluding hydrogens is 246 g/mol. The number of nitrogens with one attached hydrogen (secondary N) is 1. The monoisotopic (exact) mass is 265 g/mol. The van der Waals surface area contributed by atoms with Crippen molar-refractivity contribution in [1.82, 2.24) is 15.1 Å². The van der Waals surface area contributed by atoms with E-state index in [0.29, 0.717) is 25.1 Å². The molecule has 19 heavy (non-hydrogen) atoms. The normalized spacial score (nSPS) is 23.3. The first-order valence-corrected chi connectivity index (χ1v) is 6.61. The van der Waals surface area contributed by atoms with E-state index in [1.54, 1.807) is 11.0 Å². The van der Waals surface area contributed by atoms with Gasteiger partial charge in [0, 0.05) is 19.3 Å². The van der Waals surface area contributed by atoms with Gasteiger partial charge in [-0.05, 0) is 25.3 Å². The first-order valence-electron chi connectivity index (χ1n) is 6.61. The summed E-state index contributed by atoms with van der Waals surface area (Å²) in [4.78, 5) is 25.4. The second kappa shape index (κ2) is 5.42. The minimum Gasteiger partial charge on any atom is -0.481 e. The number of likely N-dealkylation sites (tertiary alicyclic amines) is 1.